The van der Waals surface area contributed by atoms with Crippen LogP contribution in [0.4, 0.5) is 4.79 Å². The van der Waals surface area contributed by atoms with E-state index in [-0.39, 0.29) is 23.4 Å². The fourth-order valence-electron chi connectivity index (χ4n) is 4.09. The molecule has 0 aromatic heterocycles. The molecule has 1 saturated heterocycles. The van der Waals surface area contributed by atoms with Crippen LogP contribution in [0.3, 0.4) is 0 Å². The van der Waals surface area contributed by atoms with E-state index in [9.17, 15) is 9.59 Å². The number of likely N-dealkylation sites (tertiary alicyclic amines) is 1. The van der Waals surface area contributed by atoms with E-state index >= 15 is 0 Å². The third kappa shape index (κ3) is 4.32. The molecule has 0 unspecified atom stereocenters. The lowest BCUT2D eigenvalue weighted by Crippen LogP contribution is -2.51. The monoisotopic (exact) mass is 378 g/mol. The topological polar surface area (TPSA) is 69.6 Å². The summed E-state index contributed by atoms with van der Waals surface area (Å²) in [6, 6.07) is 8.10. The first-order valence-electron chi connectivity index (χ1n) is 9.42. The van der Waals surface area contributed by atoms with Gasteiger partial charge >= 0.3 is 12.0 Å². The van der Waals surface area contributed by atoms with Crippen molar-refractivity contribution in [2.75, 3.05) is 13.1 Å². The molecule has 1 saturated carbocycles. The standard InChI is InChI=1S/C20H27ClN2O3/c1-20(15-4-6-16(21)7-5-15)10-12-23(13-11-20)19(26)22-17-8-2-14(3-9-17)18(24)25/h4-7,14,17H,2-3,8-13H2,1H3,(H,22,26)(H,24,25). The molecule has 1 aromatic rings. The van der Waals surface area contributed by atoms with Gasteiger partial charge in [-0.25, -0.2) is 4.79 Å². The number of aliphatic carboxylic acids is 1. The van der Waals surface area contributed by atoms with Gasteiger partial charge in [0.2, 0.25) is 0 Å². The zero-order valence-electron chi connectivity index (χ0n) is 15.2. The Morgan fingerprint density at radius 1 is 1.12 bits per heavy atom. The Morgan fingerprint density at radius 2 is 1.69 bits per heavy atom. The molecule has 142 valence electrons. The van der Waals surface area contributed by atoms with Gasteiger partial charge in [-0.3, -0.25) is 4.79 Å². The highest BCUT2D eigenvalue weighted by Crippen LogP contribution is 2.35. The van der Waals surface area contributed by atoms with Crippen molar-refractivity contribution in [2.24, 2.45) is 5.92 Å². The Balaban J connectivity index is 1.49. The normalized spacial score (nSPS) is 25.5. The molecule has 2 fully saturated rings. The van der Waals surface area contributed by atoms with Crippen molar-refractivity contribution in [3.05, 3.63) is 34.9 Å². The maximum atomic E-state index is 12.6. The van der Waals surface area contributed by atoms with Crippen LogP contribution in [0.25, 0.3) is 0 Å². The van der Waals surface area contributed by atoms with Gasteiger partial charge in [0.05, 0.1) is 5.92 Å². The largest absolute Gasteiger partial charge is 0.481 e. The van der Waals surface area contributed by atoms with Gasteiger partial charge in [0.25, 0.3) is 0 Å². The number of carbonyl (C=O) groups is 2. The second kappa shape index (κ2) is 7.87. The van der Waals surface area contributed by atoms with E-state index in [1.54, 1.807) is 0 Å². The number of rotatable bonds is 3. The summed E-state index contributed by atoms with van der Waals surface area (Å²) in [5.74, 6) is -0.967. The predicted molar refractivity (Wildman–Crippen MR) is 102 cm³/mol. The first-order chi connectivity index (χ1) is 12.4. The van der Waals surface area contributed by atoms with Crippen LogP contribution in [0.1, 0.15) is 51.0 Å². The molecule has 2 aliphatic rings. The van der Waals surface area contributed by atoms with E-state index in [1.807, 2.05) is 17.0 Å². The molecule has 0 spiro atoms. The molecule has 1 heterocycles. The minimum atomic E-state index is -0.715. The quantitative estimate of drug-likeness (QED) is 0.833. The fraction of sp³-hybridized carbons (Fsp3) is 0.600. The Kier molecular flexibility index (Phi) is 5.76. The van der Waals surface area contributed by atoms with E-state index in [0.717, 1.165) is 43.8 Å². The first-order valence-corrected chi connectivity index (χ1v) is 9.79. The third-order valence-corrected chi connectivity index (χ3v) is 6.35. The molecule has 2 N–H and O–H groups in total. The average molecular weight is 379 g/mol. The van der Waals surface area contributed by atoms with Crippen LogP contribution in [0.15, 0.2) is 24.3 Å². The number of carboxylic acids is 1. The molecule has 26 heavy (non-hydrogen) atoms. The summed E-state index contributed by atoms with van der Waals surface area (Å²) in [5, 5.41) is 12.9. The second-order valence-electron chi connectivity index (χ2n) is 7.89. The molecule has 5 nitrogen and oxygen atoms in total. The summed E-state index contributed by atoms with van der Waals surface area (Å²) in [6.07, 6.45) is 4.64. The Labute approximate surface area is 159 Å². The third-order valence-electron chi connectivity index (χ3n) is 6.10. The van der Waals surface area contributed by atoms with Crippen molar-refractivity contribution >= 4 is 23.6 Å². The van der Waals surface area contributed by atoms with Crippen LogP contribution in [0.2, 0.25) is 5.02 Å². The van der Waals surface area contributed by atoms with Gasteiger partial charge in [0.1, 0.15) is 0 Å². The maximum absolute atomic E-state index is 12.6. The highest BCUT2D eigenvalue weighted by atomic mass is 35.5. The smallest absolute Gasteiger partial charge is 0.317 e. The lowest BCUT2D eigenvalue weighted by atomic mass is 9.74. The lowest BCUT2D eigenvalue weighted by Gasteiger charge is -2.40. The van der Waals surface area contributed by atoms with Gasteiger partial charge < -0.3 is 15.3 Å². The van der Waals surface area contributed by atoms with Gasteiger partial charge in [-0.15, -0.1) is 0 Å². The molecule has 0 radical (unpaired) electrons. The molecule has 3 rings (SSSR count). The number of amides is 2. The van der Waals surface area contributed by atoms with Crippen LogP contribution in [0.5, 0.6) is 0 Å². The lowest BCUT2D eigenvalue weighted by molar-refractivity contribution is -0.142. The molecular weight excluding hydrogens is 352 g/mol. The SMILES string of the molecule is CC1(c2ccc(Cl)cc2)CCN(C(=O)NC2CCC(C(=O)O)CC2)CC1. The summed E-state index contributed by atoms with van der Waals surface area (Å²) < 4.78 is 0. The van der Waals surface area contributed by atoms with Crippen molar-refractivity contribution in [2.45, 2.75) is 56.9 Å². The summed E-state index contributed by atoms with van der Waals surface area (Å²) in [6.45, 7) is 3.71. The number of carbonyl (C=O) groups excluding carboxylic acids is 1. The zero-order chi connectivity index (χ0) is 18.7. The van der Waals surface area contributed by atoms with Gasteiger partial charge in [-0.1, -0.05) is 30.7 Å². The van der Waals surface area contributed by atoms with Crippen molar-refractivity contribution in [1.29, 1.82) is 0 Å². The highest BCUT2D eigenvalue weighted by molar-refractivity contribution is 6.30. The number of hydrogen-bond donors (Lipinski definition) is 2. The number of benzene rings is 1. The number of nitrogens with one attached hydrogen (secondary N) is 1. The first kappa shape index (κ1) is 19.0. The second-order valence-corrected chi connectivity index (χ2v) is 8.33. The van der Waals surface area contributed by atoms with Crippen LogP contribution < -0.4 is 5.32 Å². The van der Waals surface area contributed by atoms with Crippen molar-refractivity contribution in [1.82, 2.24) is 10.2 Å². The molecule has 0 atom stereocenters. The van der Waals surface area contributed by atoms with Gasteiger partial charge in [-0.05, 0) is 61.6 Å². The minimum absolute atomic E-state index is 0.0121. The summed E-state index contributed by atoms with van der Waals surface area (Å²) in [7, 11) is 0. The molecular formula is C20H27ClN2O3. The summed E-state index contributed by atoms with van der Waals surface area (Å²) in [5.41, 5.74) is 1.34. The average Bonchev–Trinajstić information content (AvgIpc) is 2.63. The molecule has 0 bridgehead atoms. The maximum Gasteiger partial charge on any atom is 0.317 e. The Bertz CT molecular complexity index is 646. The highest BCUT2D eigenvalue weighted by Gasteiger charge is 2.34. The van der Waals surface area contributed by atoms with E-state index in [2.05, 4.69) is 24.4 Å². The van der Waals surface area contributed by atoms with E-state index < -0.39 is 5.97 Å². The van der Waals surface area contributed by atoms with Crippen LogP contribution in [-0.4, -0.2) is 41.1 Å². The molecule has 2 amide bonds. The molecule has 1 aromatic carbocycles. The number of hydrogen-bond acceptors (Lipinski definition) is 2. The van der Waals surface area contributed by atoms with E-state index in [4.69, 9.17) is 16.7 Å². The van der Waals surface area contributed by atoms with Crippen LogP contribution in [0, 0.1) is 5.92 Å². The summed E-state index contributed by atoms with van der Waals surface area (Å²) in [4.78, 5) is 25.5. The van der Waals surface area contributed by atoms with Crippen molar-refractivity contribution in [3.63, 3.8) is 0 Å². The van der Waals surface area contributed by atoms with Gasteiger partial charge in [0, 0.05) is 24.2 Å². The zero-order valence-corrected chi connectivity index (χ0v) is 16.0. The number of carboxylic acid groups (broad SMARTS) is 1. The Hall–Kier alpha value is -1.75. The molecule has 1 aliphatic heterocycles. The van der Waals surface area contributed by atoms with Crippen molar-refractivity contribution < 1.29 is 14.7 Å². The minimum Gasteiger partial charge on any atom is -0.481 e. The number of halogens is 1. The van der Waals surface area contributed by atoms with Gasteiger partial charge in [0.15, 0.2) is 0 Å². The Morgan fingerprint density at radius 3 is 2.23 bits per heavy atom. The van der Waals surface area contributed by atoms with Crippen molar-refractivity contribution in [3.8, 4) is 0 Å². The number of nitrogens with zero attached hydrogens (tertiary/aromatic N) is 1. The number of piperidine rings is 1. The molecule has 1 aliphatic carbocycles. The predicted octanol–water partition coefficient (Wildman–Crippen LogP) is 4.05. The van der Waals surface area contributed by atoms with Gasteiger partial charge in [-0.2, -0.15) is 0 Å². The fourth-order valence-corrected chi connectivity index (χ4v) is 4.22. The van der Waals surface area contributed by atoms with Crippen LogP contribution in [-0.2, 0) is 10.2 Å². The summed E-state index contributed by atoms with van der Waals surface area (Å²) >= 11 is 5.99. The molecule has 6 heteroatoms. The van der Waals surface area contributed by atoms with E-state index in [0.29, 0.717) is 12.8 Å². The van der Waals surface area contributed by atoms with E-state index in [1.165, 1.54) is 5.56 Å². The van der Waals surface area contributed by atoms with Crippen LogP contribution >= 0.6 is 11.6 Å². The number of urea groups is 1.